The maximum Gasteiger partial charge on any atom is 0.225 e. The Hall–Kier alpha value is -0.980. The minimum absolute atomic E-state index is 0.0140. The molecular formula is C13H21N3O2S. The van der Waals surface area contributed by atoms with Gasteiger partial charge in [-0.25, -0.2) is 4.98 Å². The van der Waals surface area contributed by atoms with Crippen molar-refractivity contribution in [3.05, 3.63) is 11.1 Å². The van der Waals surface area contributed by atoms with Crippen molar-refractivity contribution in [1.82, 2.24) is 10.3 Å². The topological polar surface area (TPSA) is 65.5 Å². The summed E-state index contributed by atoms with van der Waals surface area (Å²) in [4.78, 5) is 17.5. The summed E-state index contributed by atoms with van der Waals surface area (Å²) in [7, 11) is 0. The first-order valence-corrected chi connectivity index (χ1v) is 7.57. The molecule has 0 aromatic carbocycles. The molecule has 1 saturated carbocycles. The smallest absolute Gasteiger partial charge is 0.225 e. The molecule has 1 fully saturated rings. The molecule has 106 valence electrons. The zero-order chi connectivity index (χ0) is 13.9. The van der Waals surface area contributed by atoms with Crippen LogP contribution in [0.15, 0.2) is 5.38 Å². The van der Waals surface area contributed by atoms with Gasteiger partial charge in [0.2, 0.25) is 5.91 Å². The number of aromatic nitrogens is 1. The van der Waals surface area contributed by atoms with E-state index in [9.17, 15) is 9.90 Å². The average Bonchev–Trinajstić information content (AvgIpc) is 2.76. The molecule has 0 unspecified atom stereocenters. The first-order valence-electron chi connectivity index (χ1n) is 6.70. The Morgan fingerprint density at radius 1 is 1.63 bits per heavy atom. The van der Waals surface area contributed by atoms with E-state index in [-0.39, 0.29) is 5.91 Å². The van der Waals surface area contributed by atoms with Gasteiger partial charge in [-0.15, -0.1) is 11.3 Å². The van der Waals surface area contributed by atoms with Crippen LogP contribution in [0.5, 0.6) is 0 Å². The second-order valence-electron chi connectivity index (χ2n) is 5.07. The molecule has 0 aliphatic heterocycles. The number of nitrogens with zero attached hydrogens (tertiary/aromatic N) is 2. The molecule has 0 saturated heterocycles. The van der Waals surface area contributed by atoms with E-state index in [2.05, 4.69) is 10.3 Å². The van der Waals surface area contributed by atoms with Gasteiger partial charge in [0.05, 0.1) is 11.3 Å². The summed E-state index contributed by atoms with van der Waals surface area (Å²) < 4.78 is 0. The van der Waals surface area contributed by atoms with Crippen molar-refractivity contribution in [3.8, 4) is 0 Å². The van der Waals surface area contributed by atoms with E-state index in [1.165, 1.54) is 11.3 Å². The SMILES string of the molecule is CCN(C(C)=O)c1nc(CNCC2(O)CCC2)cs1. The predicted molar refractivity (Wildman–Crippen MR) is 76.3 cm³/mol. The summed E-state index contributed by atoms with van der Waals surface area (Å²) >= 11 is 1.48. The molecule has 1 aliphatic rings. The van der Waals surface area contributed by atoms with Crippen molar-refractivity contribution in [3.63, 3.8) is 0 Å². The van der Waals surface area contributed by atoms with Gasteiger partial charge in [-0.2, -0.15) is 0 Å². The van der Waals surface area contributed by atoms with Crippen molar-refractivity contribution in [2.24, 2.45) is 0 Å². The number of thiazole rings is 1. The van der Waals surface area contributed by atoms with Crippen LogP contribution >= 0.6 is 11.3 Å². The zero-order valence-electron chi connectivity index (χ0n) is 11.5. The van der Waals surface area contributed by atoms with Crippen LogP contribution < -0.4 is 10.2 Å². The molecule has 1 aromatic heterocycles. The highest BCUT2D eigenvalue weighted by Crippen LogP contribution is 2.30. The predicted octanol–water partition coefficient (Wildman–Crippen LogP) is 1.52. The quantitative estimate of drug-likeness (QED) is 0.831. The van der Waals surface area contributed by atoms with Gasteiger partial charge < -0.3 is 10.4 Å². The van der Waals surface area contributed by atoms with Crippen LogP contribution in [-0.2, 0) is 11.3 Å². The lowest BCUT2D eigenvalue weighted by atomic mass is 9.80. The lowest BCUT2D eigenvalue weighted by Crippen LogP contribution is -2.46. The molecule has 5 nitrogen and oxygen atoms in total. The van der Waals surface area contributed by atoms with E-state index in [1.54, 1.807) is 11.8 Å². The molecule has 2 rings (SSSR count). The zero-order valence-corrected chi connectivity index (χ0v) is 12.3. The van der Waals surface area contributed by atoms with Gasteiger partial charge in [-0.1, -0.05) is 0 Å². The Labute approximate surface area is 117 Å². The third-order valence-corrected chi connectivity index (χ3v) is 4.42. The standard InChI is InChI=1S/C13H21N3O2S/c1-3-16(10(2)17)12-15-11(8-19-12)7-14-9-13(18)5-4-6-13/h8,14,18H,3-7,9H2,1-2H3. The molecule has 6 heteroatoms. The molecule has 1 aliphatic carbocycles. The van der Waals surface area contributed by atoms with Gasteiger partial charge in [0.1, 0.15) is 0 Å². The van der Waals surface area contributed by atoms with E-state index >= 15 is 0 Å². The lowest BCUT2D eigenvalue weighted by molar-refractivity contribution is -0.116. The summed E-state index contributed by atoms with van der Waals surface area (Å²) in [5, 5.41) is 15.9. The maximum atomic E-state index is 11.4. The van der Waals surface area contributed by atoms with E-state index in [0.29, 0.717) is 19.6 Å². The van der Waals surface area contributed by atoms with Gasteiger partial charge in [-0.3, -0.25) is 9.69 Å². The van der Waals surface area contributed by atoms with Gasteiger partial charge in [0.25, 0.3) is 0 Å². The summed E-state index contributed by atoms with van der Waals surface area (Å²) in [5.41, 5.74) is 0.413. The minimum atomic E-state index is -0.506. The Balaban J connectivity index is 1.85. The summed E-state index contributed by atoms with van der Waals surface area (Å²) in [6.07, 6.45) is 2.88. The van der Waals surface area contributed by atoms with Crippen molar-refractivity contribution in [2.45, 2.75) is 45.3 Å². The number of carbonyl (C=O) groups excluding carboxylic acids is 1. The number of nitrogens with one attached hydrogen (secondary N) is 1. The average molecular weight is 283 g/mol. The first kappa shape index (κ1) is 14.4. The number of aliphatic hydroxyl groups is 1. The van der Waals surface area contributed by atoms with Crippen LogP contribution in [0.2, 0.25) is 0 Å². The molecule has 0 atom stereocenters. The molecule has 19 heavy (non-hydrogen) atoms. The van der Waals surface area contributed by atoms with Crippen molar-refractivity contribution in [1.29, 1.82) is 0 Å². The third kappa shape index (κ3) is 3.52. The van der Waals surface area contributed by atoms with Gasteiger partial charge in [0, 0.05) is 31.9 Å². The van der Waals surface area contributed by atoms with Gasteiger partial charge in [0.15, 0.2) is 5.13 Å². The molecular weight excluding hydrogens is 262 g/mol. The van der Waals surface area contributed by atoms with Crippen LogP contribution in [0.3, 0.4) is 0 Å². The first-order chi connectivity index (χ1) is 9.04. The van der Waals surface area contributed by atoms with Crippen LogP contribution in [0, 0.1) is 0 Å². The number of rotatable bonds is 6. The van der Waals surface area contributed by atoms with Crippen molar-refractivity contribution >= 4 is 22.4 Å². The summed E-state index contributed by atoms with van der Waals surface area (Å²) in [6.45, 7) is 5.37. The Morgan fingerprint density at radius 2 is 2.37 bits per heavy atom. The normalized spacial score (nSPS) is 17.0. The van der Waals surface area contributed by atoms with Gasteiger partial charge in [-0.05, 0) is 26.2 Å². The Kier molecular flexibility index (Phi) is 4.54. The van der Waals surface area contributed by atoms with E-state index in [4.69, 9.17) is 0 Å². The number of hydrogen-bond donors (Lipinski definition) is 2. The highest BCUT2D eigenvalue weighted by Gasteiger charge is 2.33. The van der Waals surface area contributed by atoms with E-state index in [0.717, 1.165) is 30.1 Å². The van der Waals surface area contributed by atoms with Crippen LogP contribution in [-0.4, -0.2) is 34.7 Å². The molecule has 2 N–H and O–H groups in total. The molecule has 0 radical (unpaired) electrons. The number of anilines is 1. The van der Waals surface area contributed by atoms with Crippen LogP contribution in [0.1, 0.15) is 38.8 Å². The Bertz CT molecular complexity index is 443. The largest absolute Gasteiger partial charge is 0.389 e. The molecule has 0 spiro atoms. The highest BCUT2D eigenvalue weighted by molar-refractivity contribution is 7.14. The van der Waals surface area contributed by atoms with E-state index in [1.807, 2.05) is 12.3 Å². The molecule has 1 aromatic rings. The molecule has 1 amide bonds. The fraction of sp³-hybridized carbons (Fsp3) is 0.692. The number of carbonyl (C=O) groups is 1. The van der Waals surface area contributed by atoms with Crippen molar-refractivity contribution in [2.75, 3.05) is 18.0 Å². The summed E-state index contributed by atoms with van der Waals surface area (Å²) in [5.74, 6) is 0.0140. The fourth-order valence-corrected chi connectivity index (χ4v) is 3.11. The number of hydrogen-bond acceptors (Lipinski definition) is 5. The minimum Gasteiger partial charge on any atom is -0.389 e. The number of amides is 1. The van der Waals surface area contributed by atoms with Crippen LogP contribution in [0.4, 0.5) is 5.13 Å². The lowest BCUT2D eigenvalue weighted by Gasteiger charge is -2.36. The highest BCUT2D eigenvalue weighted by atomic mass is 32.1. The van der Waals surface area contributed by atoms with Gasteiger partial charge >= 0.3 is 0 Å². The monoisotopic (exact) mass is 283 g/mol. The fourth-order valence-electron chi connectivity index (χ4n) is 2.18. The third-order valence-electron chi connectivity index (χ3n) is 3.51. The van der Waals surface area contributed by atoms with E-state index < -0.39 is 5.60 Å². The molecule has 1 heterocycles. The Morgan fingerprint density at radius 3 is 2.89 bits per heavy atom. The summed E-state index contributed by atoms with van der Waals surface area (Å²) in [6, 6.07) is 0. The molecule has 0 bridgehead atoms. The van der Waals surface area contributed by atoms with Crippen LogP contribution in [0.25, 0.3) is 0 Å². The second kappa shape index (κ2) is 5.98. The maximum absolute atomic E-state index is 11.4. The van der Waals surface area contributed by atoms with Crippen molar-refractivity contribution < 1.29 is 9.90 Å². The second-order valence-corrected chi connectivity index (χ2v) is 5.90.